The Labute approximate surface area is 147 Å². The number of rotatable bonds is 9. The first kappa shape index (κ1) is 18.9. The van der Waals surface area contributed by atoms with E-state index in [-0.39, 0.29) is 23.8 Å². The highest BCUT2D eigenvalue weighted by Crippen LogP contribution is 2.27. The van der Waals surface area contributed by atoms with E-state index in [1.807, 2.05) is 0 Å². The largest absolute Gasteiger partial charge is 0.497 e. The predicted octanol–water partition coefficient (Wildman–Crippen LogP) is 2.07. The first-order chi connectivity index (χ1) is 12.0. The molecule has 0 spiro atoms. The van der Waals surface area contributed by atoms with Crippen LogP contribution >= 0.6 is 0 Å². The van der Waals surface area contributed by atoms with Gasteiger partial charge in [-0.3, -0.25) is 0 Å². The maximum Gasteiger partial charge on any atom is 0.244 e. The van der Waals surface area contributed by atoms with Crippen molar-refractivity contribution in [3.63, 3.8) is 0 Å². The van der Waals surface area contributed by atoms with Gasteiger partial charge in [0.15, 0.2) is 0 Å². The maximum atomic E-state index is 12.5. The molecular weight excluding hydrogens is 346 g/mol. The van der Waals surface area contributed by atoms with E-state index in [0.717, 1.165) is 0 Å². The molecule has 0 aliphatic heterocycles. The smallest absolute Gasteiger partial charge is 0.244 e. The van der Waals surface area contributed by atoms with E-state index < -0.39 is 10.0 Å². The molecule has 0 bridgehead atoms. The highest BCUT2D eigenvalue weighted by atomic mass is 32.2. The van der Waals surface area contributed by atoms with Crippen molar-refractivity contribution in [2.75, 3.05) is 34.5 Å². The van der Waals surface area contributed by atoms with Gasteiger partial charge in [0.2, 0.25) is 10.0 Å². The number of nitrogens with one attached hydrogen (secondary N) is 1. The second kappa shape index (κ2) is 8.59. The Morgan fingerprint density at radius 2 is 1.56 bits per heavy atom. The van der Waals surface area contributed by atoms with Crippen molar-refractivity contribution >= 4 is 10.0 Å². The lowest BCUT2D eigenvalue weighted by Gasteiger charge is -2.12. The van der Waals surface area contributed by atoms with Crippen LogP contribution in [-0.2, 0) is 10.0 Å². The average Bonchev–Trinajstić information content (AvgIpc) is 2.64. The average molecular weight is 367 g/mol. The van der Waals surface area contributed by atoms with Crippen molar-refractivity contribution < 1.29 is 27.4 Å². The summed E-state index contributed by atoms with van der Waals surface area (Å²) in [4.78, 5) is 0.00994. The summed E-state index contributed by atoms with van der Waals surface area (Å²) in [6.07, 6.45) is 0. The summed E-state index contributed by atoms with van der Waals surface area (Å²) < 4.78 is 48.2. The van der Waals surface area contributed by atoms with Gasteiger partial charge >= 0.3 is 0 Å². The van der Waals surface area contributed by atoms with Crippen LogP contribution in [0.3, 0.4) is 0 Å². The molecule has 0 aromatic heterocycles. The minimum atomic E-state index is -3.76. The molecule has 7 nitrogen and oxygen atoms in total. The van der Waals surface area contributed by atoms with Gasteiger partial charge in [-0.2, -0.15) is 0 Å². The number of ether oxygens (including phenoxy) is 4. The Balaban J connectivity index is 1.99. The van der Waals surface area contributed by atoms with E-state index in [2.05, 4.69) is 4.72 Å². The summed E-state index contributed by atoms with van der Waals surface area (Å²) in [5.41, 5.74) is 0. The monoisotopic (exact) mass is 367 g/mol. The summed E-state index contributed by atoms with van der Waals surface area (Å²) >= 11 is 0. The number of hydrogen-bond donors (Lipinski definition) is 1. The summed E-state index contributed by atoms with van der Waals surface area (Å²) in [5, 5.41) is 0. The third-order valence-corrected chi connectivity index (χ3v) is 4.85. The SMILES string of the molecule is COc1cccc(OCCNS(=O)(=O)c2cc(OC)ccc2OC)c1. The molecular formula is C17H21NO6S. The molecule has 0 saturated heterocycles. The van der Waals surface area contributed by atoms with Crippen molar-refractivity contribution in [3.05, 3.63) is 42.5 Å². The molecule has 0 aliphatic rings. The van der Waals surface area contributed by atoms with Gasteiger partial charge in [0, 0.05) is 18.7 Å². The fourth-order valence-electron chi connectivity index (χ4n) is 2.11. The normalized spacial score (nSPS) is 11.0. The van der Waals surface area contributed by atoms with Gasteiger partial charge in [-0.25, -0.2) is 13.1 Å². The van der Waals surface area contributed by atoms with Crippen LogP contribution in [0.15, 0.2) is 47.4 Å². The zero-order chi connectivity index (χ0) is 18.3. The van der Waals surface area contributed by atoms with Crippen molar-refractivity contribution in [2.45, 2.75) is 4.90 Å². The quantitative estimate of drug-likeness (QED) is 0.683. The van der Waals surface area contributed by atoms with E-state index in [0.29, 0.717) is 17.2 Å². The topological polar surface area (TPSA) is 83.1 Å². The molecule has 136 valence electrons. The van der Waals surface area contributed by atoms with Gasteiger partial charge in [-0.05, 0) is 24.3 Å². The fourth-order valence-corrected chi connectivity index (χ4v) is 3.30. The molecule has 0 aliphatic carbocycles. The maximum absolute atomic E-state index is 12.5. The van der Waals surface area contributed by atoms with E-state index in [1.54, 1.807) is 43.5 Å². The molecule has 0 fully saturated rings. The lowest BCUT2D eigenvalue weighted by molar-refractivity contribution is 0.319. The van der Waals surface area contributed by atoms with E-state index in [9.17, 15) is 8.42 Å². The van der Waals surface area contributed by atoms with Gasteiger partial charge in [-0.15, -0.1) is 0 Å². The van der Waals surface area contributed by atoms with Crippen molar-refractivity contribution in [1.82, 2.24) is 4.72 Å². The predicted molar refractivity (Wildman–Crippen MR) is 93.2 cm³/mol. The summed E-state index contributed by atoms with van der Waals surface area (Å²) in [5.74, 6) is 1.92. The molecule has 0 heterocycles. The summed E-state index contributed by atoms with van der Waals surface area (Å²) in [7, 11) is 0.677. The highest BCUT2D eigenvalue weighted by Gasteiger charge is 2.20. The molecule has 25 heavy (non-hydrogen) atoms. The van der Waals surface area contributed by atoms with E-state index >= 15 is 0 Å². The lowest BCUT2D eigenvalue weighted by atomic mass is 10.3. The Bertz CT molecular complexity index is 807. The molecule has 0 atom stereocenters. The minimum absolute atomic E-state index is 0.00994. The zero-order valence-corrected chi connectivity index (χ0v) is 15.1. The summed E-state index contributed by atoms with van der Waals surface area (Å²) in [6.45, 7) is 0.262. The molecule has 2 aromatic carbocycles. The number of benzene rings is 2. The molecule has 0 unspecified atom stereocenters. The van der Waals surface area contributed by atoms with Crippen molar-refractivity contribution in [2.24, 2.45) is 0 Å². The molecule has 8 heteroatoms. The number of methoxy groups -OCH3 is 3. The Kier molecular flexibility index (Phi) is 6.49. The van der Waals surface area contributed by atoms with Crippen molar-refractivity contribution in [3.8, 4) is 23.0 Å². The van der Waals surface area contributed by atoms with Crippen LogP contribution < -0.4 is 23.7 Å². The van der Waals surface area contributed by atoms with Crippen LogP contribution in [0.5, 0.6) is 23.0 Å². The lowest BCUT2D eigenvalue weighted by Crippen LogP contribution is -2.28. The molecule has 1 N–H and O–H groups in total. The number of hydrogen-bond acceptors (Lipinski definition) is 6. The van der Waals surface area contributed by atoms with Crippen molar-refractivity contribution in [1.29, 1.82) is 0 Å². The minimum Gasteiger partial charge on any atom is -0.497 e. The van der Waals surface area contributed by atoms with E-state index in [1.165, 1.54) is 20.3 Å². The molecule has 0 amide bonds. The third-order valence-electron chi connectivity index (χ3n) is 3.36. The first-order valence-electron chi connectivity index (χ1n) is 7.48. The molecule has 0 radical (unpaired) electrons. The van der Waals surface area contributed by atoms with Gasteiger partial charge in [0.1, 0.15) is 34.5 Å². The van der Waals surface area contributed by atoms with Crippen LogP contribution in [0, 0.1) is 0 Å². The molecule has 2 aromatic rings. The van der Waals surface area contributed by atoms with Crippen LogP contribution in [0.25, 0.3) is 0 Å². The highest BCUT2D eigenvalue weighted by molar-refractivity contribution is 7.89. The third kappa shape index (κ3) is 5.01. The van der Waals surface area contributed by atoms with Crippen LogP contribution in [0.1, 0.15) is 0 Å². The second-order valence-electron chi connectivity index (χ2n) is 4.94. The van der Waals surface area contributed by atoms with Gasteiger partial charge in [0.25, 0.3) is 0 Å². The second-order valence-corrected chi connectivity index (χ2v) is 6.68. The summed E-state index contributed by atoms with van der Waals surface area (Å²) in [6, 6.07) is 11.7. The van der Waals surface area contributed by atoms with Gasteiger partial charge in [-0.1, -0.05) is 6.07 Å². The van der Waals surface area contributed by atoms with Crippen LogP contribution in [-0.4, -0.2) is 42.9 Å². The van der Waals surface area contributed by atoms with Crippen LogP contribution in [0.4, 0.5) is 0 Å². The Morgan fingerprint density at radius 1 is 0.880 bits per heavy atom. The number of sulfonamides is 1. The zero-order valence-electron chi connectivity index (χ0n) is 14.3. The van der Waals surface area contributed by atoms with Gasteiger partial charge < -0.3 is 18.9 Å². The molecule has 2 rings (SSSR count). The first-order valence-corrected chi connectivity index (χ1v) is 8.97. The van der Waals surface area contributed by atoms with E-state index in [4.69, 9.17) is 18.9 Å². The fraction of sp³-hybridized carbons (Fsp3) is 0.294. The van der Waals surface area contributed by atoms with Gasteiger partial charge in [0.05, 0.1) is 21.3 Å². The van der Waals surface area contributed by atoms with Crippen LogP contribution in [0.2, 0.25) is 0 Å². The standard InChI is InChI=1S/C17H21NO6S/c1-21-13-5-4-6-15(11-13)24-10-9-18-25(19,20)17-12-14(22-2)7-8-16(17)23-3/h4-8,11-12,18H,9-10H2,1-3H3. The Hall–Kier alpha value is -2.45. The Morgan fingerprint density at radius 3 is 2.24 bits per heavy atom. The molecule has 0 saturated carbocycles.